The van der Waals surface area contributed by atoms with Crippen LogP contribution < -0.4 is 0 Å². The van der Waals surface area contributed by atoms with E-state index in [0.717, 1.165) is 18.2 Å². The highest BCUT2D eigenvalue weighted by Crippen LogP contribution is 2.35. The van der Waals surface area contributed by atoms with E-state index in [1.807, 2.05) is 0 Å². The van der Waals surface area contributed by atoms with E-state index in [0.29, 0.717) is 0 Å². The summed E-state index contributed by atoms with van der Waals surface area (Å²) in [6.45, 7) is 0. The number of rotatable bonds is 1. The molecule has 2 N–H and O–H groups in total. The smallest absolute Gasteiger partial charge is 0.418 e. The van der Waals surface area contributed by atoms with Gasteiger partial charge in [-0.1, -0.05) is 17.7 Å². The van der Waals surface area contributed by atoms with E-state index in [1.54, 1.807) is 0 Å². The Kier molecular flexibility index (Phi) is 2.92. The first-order chi connectivity index (χ1) is 6.32. The molecule has 0 saturated heterocycles. The van der Waals surface area contributed by atoms with E-state index < -0.39 is 17.8 Å². The molecule has 0 heterocycles. The lowest BCUT2D eigenvalue weighted by Crippen LogP contribution is -2.20. The van der Waals surface area contributed by atoms with Crippen LogP contribution in [0.25, 0.3) is 0 Å². The number of hydrogen-bond donors (Lipinski definition) is 2. The highest BCUT2D eigenvalue weighted by molar-refractivity contribution is 6.32. The van der Waals surface area contributed by atoms with Crippen molar-refractivity contribution in [3.8, 4) is 5.75 Å². The largest absolute Gasteiger partial charge is 0.506 e. The second-order valence-electron chi connectivity index (χ2n) is 2.65. The SMILES string of the molecule is Oc1ccc([C@@H](O)C(F)(F)F)cc1Cl. The Labute approximate surface area is 82.5 Å². The average molecular weight is 227 g/mol. The van der Waals surface area contributed by atoms with Gasteiger partial charge >= 0.3 is 6.18 Å². The number of aromatic hydroxyl groups is 1. The van der Waals surface area contributed by atoms with Crippen molar-refractivity contribution in [2.24, 2.45) is 0 Å². The van der Waals surface area contributed by atoms with E-state index >= 15 is 0 Å². The van der Waals surface area contributed by atoms with Gasteiger partial charge in [0.05, 0.1) is 5.02 Å². The third kappa shape index (κ3) is 2.30. The molecule has 1 atom stereocenters. The van der Waals surface area contributed by atoms with Crippen molar-refractivity contribution >= 4 is 11.6 Å². The molecule has 0 aliphatic rings. The molecule has 0 aromatic heterocycles. The van der Waals surface area contributed by atoms with Crippen LogP contribution in [0, 0.1) is 0 Å². The minimum atomic E-state index is -4.74. The molecule has 2 nitrogen and oxygen atoms in total. The molecule has 14 heavy (non-hydrogen) atoms. The minimum Gasteiger partial charge on any atom is -0.506 e. The first-order valence-corrected chi connectivity index (χ1v) is 3.93. The number of alkyl halides is 3. The van der Waals surface area contributed by atoms with Gasteiger partial charge in [-0.05, 0) is 17.7 Å². The van der Waals surface area contributed by atoms with Gasteiger partial charge in [0.1, 0.15) is 5.75 Å². The first-order valence-electron chi connectivity index (χ1n) is 3.55. The molecule has 1 rings (SSSR count). The molecule has 0 unspecified atom stereocenters. The van der Waals surface area contributed by atoms with Crippen molar-refractivity contribution in [1.82, 2.24) is 0 Å². The molecule has 0 fully saturated rings. The lowest BCUT2D eigenvalue weighted by Gasteiger charge is -2.14. The summed E-state index contributed by atoms with van der Waals surface area (Å²) in [6.07, 6.45) is -7.32. The fourth-order valence-electron chi connectivity index (χ4n) is 0.882. The summed E-state index contributed by atoms with van der Waals surface area (Å²) in [7, 11) is 0. The lowest BCUT2D eigenvalue weighted by atomic mass is 10.1. The summed E-state index contributed by atoms with van der Waals surface area (Å²) in [4.78, 5) is 0. The van der Waals surface area contributed by atoms with Gasteiger partial charge in [0.2, 0.25) is 0 Å². The zero-order chi connectivity index (χ0) is 10.9. The predicted molar refractivity (Wildman–Crippen MR) is 44.1 cm³/mol. The lowest BCUT2D eigenvalue weighted by molar-refractivity contribution is -0.206. The third-order valence-corrected chi connectivity index (χ3v) is 1.90. The Morgan fingerprint density at radius 3 is 2.29 bits per heavy atom. The zero-order valence-electron chi connectivity index (χ0n) is 6.72. The highest BCUT2D eigenvalue weighted by atomic mass is 35.5. The van der Waals surface area contributed by atoms with Gasteiger partial charge < -0.3 is 10.2 Å². The first kappa shape index (κ1) is 11.1. The minimum absolute atomic E-state index is 0.231. The summed E-state index contributed by atoms with van der Waals surface area (Å²) in [6, 6.07) is 2.82. The Hall–Kier alpha value is -0.940. The van der Waals surface area contributed by atoms with E-state index in [4.69, 9.17) is 21.8 Å². The maximum Gasteiger partial charge on any atom is 0.418 e. The molecular formula is C8H6ClF3O2. The van der Waals surface area contributed by atoms with Crippen molar-refractivity contribution in [2.45, 2.75) is 12.3 Å². The van der Waals surface area contributed by atoms with Gasteiger partial charge in [-0.2, -0.15) is 13.2 Å². The number of halogens is 4. The molecule has 0 saturated carbocycles. The molecule has 78 valence electrons. The summed E-state index contributed by atoms with van der Waals surface area (Å²) in [5.41, 5.74) is -0.402. The van der Waals surface area contributed by atoms with Crippen molar-refractivity contribution in [2.75, 3.05) is 0 Å². The van der Waals surface area contributed by atoms with E-state index in [-0.39, 0.29) is 10.8 Å². The molecule has 0 amide bonds. The molecule has 1 aromatic rings. The number of phenolic OH excluding ortho intramolecular Hbond substituents is 1. The number of aliphatic hydroxyl groups excluding tert-OH is 1. The van der Waals surface area contributed by atoms with Crippen LogP contribution in [-0.2, 0) is 0 Å². The zero-order valence-corrected chi connectivity index (χ0v) is 7.47. The summed E-state index contributed by atoms with van der Waals surface area (Å²) >= 11 is 5.38. The molecule has 6 heteroatoms. The van der Waals surface area contributed by atoms with Crippen LogP contribution >= 0.6 is 11.6 Å². The summed E-state index contributed by atoms with van der Waals surface area (Å²) < 4.78 is 36.0. The fraction of sp³-hybridized carbons (Fsp3) is 0.250. The topological polar surface area (TPSA) is 40.5 Å². The second kappa shape index (κ2) is 3.67. The molecule has 0 aliphatic carbocycles. The Bertz CT molecular complexity index is 338. The van der Waals surface area contributed by atoms with Gasteiger partial charge in [0.15, 0.2) is 6.10 Å². The molecular weight excluding hydrogens is 221 g/mol. The van der Waals surface area contributed by atoms with Gasteiger partial charge in [-0.15, -0.1) is 0 Å². The fourth-order valence-corrected chi connectivity index (χ4v) is 1.07. The van der Waals surface area contributed by atoms with Crippen LogP contribution in [-0.4, -0.2) is 16.4 Å². The van der Waals surface area contributed by atoms with E-state index in [1.165, 1.54) is 0 Å². The van der Waals surface area contributed by atoms with Gasteiger partial charge in [-0.3, -0.25) is 0 Å². The number of benzene rings is 1. The highest BCUT2D eigenvalue weighted by Gasteiger charge is 2.39. The number of aliphatic hydroxyl groups is 1. The Morgan fingerprint density at radius 1 is 1.29 bits per heavy atom. The van der Waals surface area contributed by atoms with Crippen LogP contribution in [0.2, 0.25) is 5.02 Å². The third-order valence-electron chi connectivity index (χ3n) is 1.60. The van der Waals surface area contributed by atoms with Gasteiger partial charge in [0, 0.05) is 0 Å². The monoisotopic (exact) mass is 226 g/mol. The van der Waals surface area contributed by atoms with Crippen molar-refractivity contribution < 1.29 is 23.4 Å². The van der Waals surface area contributed by atoms with Crippen molar-refractivity contribution in [3.05, 3.63) is 28.8 Å². The molecule has 0 aliphatic heterocycles. The molecule has 0 bridgehead atoms. The molecule has 0 radical (unpaired) electrons. The normalized spacial score (nSPS) is 14.1. The standard InChI is InChI=1S/C8H6ClF3O2/c9-5-3-4(1-2-6(5)13)7(14)8(10,11)12/h1-3,7,13-14H/t7-/m1/s1. The van der Waals surface area contributed by atoms with Gasteiger partial charge in [0.25, 0.3) is 0 Å². The summed E-state index contributed by atoms with van der Waals surface area (Å²) in [5.74, 6) is -0.329. The van der Waals surface area contributed by atoms with E-state index in [2.05, 4.69) is 0 Å². The number of phenols is 1. The number of hydrogen-bond acceptors (Lipinski definition) is 2. The maximum atomic E-state index is 12.0. The maximum absolute atomic E-state index is 12.0. The Balaban J connectivity index is 3.03. The second-order valence-corrected chi connectivity index (χ2v) is 3.06. The van der Waals surface area contributed by atoms with Gasteiger partial charge in [-0.25, -0.2) is 0 Å². The Morgan fingerprint density at radius 2 is 1.86 bits per heavy atom. The van der Waals surface area contributed by atoms with Crippen molar-refractivity contribution in [1.29, 1.82) is 0 Å². The van der Waals surface area contributed by atoms with Crippen molar-refractivity contribution in [3.63, 3.8) is 0 Å². The van der Waals surface area contributed by atoms with Crippen LogP contribution in [0.5, 0.6) is 5.75 Å². The van der Waals surface area contributed by atoms with E-state index in [9.17, 15) is 13.2 Å². The van der Waals surface area contributed by atoms with Crippen LogP contribution in [0.1, 0.15) is 11.7 Å². The average Bonchev–Trinajstić information content (AvgIpc) is 2.07. The molecule has 1 aromatic carbocycles. The predicted octanol–water partition coefficient (Wildman–Crippen LogP) is 2.64. The van der Waals surface area contributed by atoms with Crippen LogP contribution in [0.15, 0.2) is 18.2 Å². The van der Waals surface area contributed by atoms with Crippen LogP contribution in [0.4, 0.5) is 13.2 Å². The summed E-state index contributed by atoms with van der Waals surface area (Å²) in [5, 5.41) is 17.5. The van der Waals surface area contributed by atoms with Crippen LogP contribution in [0.3, 0.4) is 0 Å². The molecule has 0 spiro atoms. The quantitative estimate of drug-likeness (QED) is 0.773.